The summed E-state index contributed by atoms with van der Waals surface area (Å²) in [6.07, 6.45) is 1.88. The molecule has 1 saturated heterocycles. The summed E-state index contributed by atoms with van der Waals surface area (Å²) in [7, 11) is 0. The molecule has 3 aromatic rings. The van der Waals surface area contributed by atoms with E-state index in [4.69, 9.17) is 0 Å². The number of halogens is 2. The number of fused-ring (bicyclic) bond motifs is 1. The summed E-state index contributed by atoms with van der Waals surface area (Å²) in [5.41, 5.74) is 2.17. The summed E-state index contributed by atoms with van der Waals surface area (Å²) < 4.78 is 29.2. The van der Waals surface area contributed by atoms with E-state index >= 15 is 0 Å². The van der Waals surface area contributed by atoms with Gasteiger partial charge in [-0.3, -0.25) is 9.20 Å². The number of hydrogen-bond acceptors (Lipinski definition) is 3. The molecule has 7 heteroatoms. The maximum Gasteiger partial charge on any atom is 0.272 e. The van der Waals surface area contributed by atoms with Gasteiger partial charge in [0.2, 0.25) is 0 Å². The molecular formula is C20H20F2N4O. The van der Waals surface area contributed by atoms with Crippen LogP contribution in [0.15, 0.2) is 42.6 Å². The summed E-state index contributed by atoms with van der Waals surface area (Å²) in [5, 5.41) is 0. The number of carbonyl (C=O) groups excluding carboxylic acids is 1. The molecule has 0 unspecified atom stereocenters. The molecule has 0 radical (unpaired) electrons. The monoisotopic (exact) mass is 370 g/mol. The molecule has 4 rings (SSSR count). The minimum atomic E-state index is -0.416. The fourth-order valence-corrected chi connectivity index (χ4v) is 3.55. The first-order chi connectivity index (χ1) is 13.1. The highest BCUT2D eigenvalue weighted by Gasteiger charge is 2.27. The lowest BCUT2D eigenvalue weighted by molar-refractivity contribution is 0.0738. The third-order valence-electron chi connectivity index (χ3n) is 4.95. The summed E-state index contributed by atoms with van der Waals surface area (Å²) in [4.78, 5) is 21.2. The van der Waals surface area contributed by atoms with E-state index in [9.17, 15) is 13.6 Å². The standard InChI is InChI=1S/C20H20F2N4O/c1-2-16-19(26-13-14(21)7-8-18(26)23-16)20(27)25-11-9-24(10-12-25)17-6-4-3-5-15(17)22/h3-8,13H,2,9-12H2,1H3. The second-order valence-electron chi connectivity index (χ2n) is 6.57. The molecule has 5 nitrogen and oxygen atoms in total. The van der Waals surface area contributed by atoms with Crippen molar-refractivity contribution in [3.05, 3.63) is 65.6 Å². The van der Waals surface area contributed by atoms with Gasteiger partial charge in [-0.25, -0.2) is 13.8 Å². The number of aryl methyl sites for hydroxylation is 1. The average Bonchev–Trinajstić information content (AvgIpc) is 3.05. The van der Waals surface area contributed by atoms with E-state index in [1.54, 1.807) is 29.2 Å². The maximum atomic E-state index is 14.0. The van der Waals surface area contributed by atoms with Crippen molar-refractivity contribution < 1.29 is 13.6 Å². The normalized spacial score (nSPS) is 14.8. The SMILES string of the molecule is CCc1nc2ccc(F)cn2c1C(=O)N1CCN(c2ccccc2F)CC1. The Morgan fingerprint density at radius 1 is 1.07 bits per heavy atom. The van der Waals surface area contributed by atoms with E-state index < -0.39 is 5.82 Å². The van der Waals surface area contributed by atoms with Crippen molar-refractivity contribution in [1.29, 1.82) is 0 Å². The largest absolute Gasteiger partial charge is 0.366 e. The van der Waals surface area contributed by atoms with Crippen LogP contribution in [0.5, 0.6) is 0 Å². The van der Waals surface area contributed by atoms with Gasteiger partial charge in [-0.2, -0.15) is 0 Å². The quantitative estimate of drug-likeness (QED) is 0.711. The molecule has 27 heavy (non-hydrogen) atoms. The minimum absolute atomic E-state index is 0.168. The van der Waals surface area contributed by atoms with Crippen LogP contribution in [0.4, 0.5) is 14.5 Å². The van der Waals surface area contributed by atoms with Gasteiger partial charge < -0.3 is 9.80 Å². The van der Waals surface area contributed by atoms with Gasteiger partial charge in [0.05, 0.1) is 11.4 Å². The molecule has 1 aliphatic heterocycles. The second kappa shape index (κ2) is 6.98. The van der Waals surface area contributed by atoms with Crippen LogP contribution in [0.3, 0.4) is 0 Å². The van der Waals surface area contributed by atoms with Gasteiger partial charge in [0.25, 0.3) is 5.91 Å². The Bertz CT molecular complexity index is 993. The van der Waals surface area contributed by atoms with Gasteiger partial charge in [0.15, 0.2) is 0 Å². The lowest BCUT2D eigenvalue weighted by Gasteiger charge is -2.36. The first kappa shape index (κ1) is 17.5. The molecule has 0 N–H and O–H groups in total. The fraction of sp³-hybridized carbons (Fsp3) is 0.300. The number of imidazole rings is 1. The van der Waals surface area contributed by atoms with Crippen LogP contribution in [0.2, 0.25) is 0 Å². The summed E-state index contributed by atoms with van der Waals surface area (Å²) in [5.74, 6) is -0.845. The third-order valence-corrected chi connectivity index (χ3v) is 4.95. The number of amides is 1. The molecule has 1 amide bonds. The molecule has 1 aromatic carbocycles. The molecule has 3 heterocycles. The van der Waals surface area contributed by atoms with Gasteiger partial charge in [0.1, 0.15) is 23.0 Å². The van der Waals surface area contributed by atoms with Crippen molar-refractivity contribution in [1.82, 2.24) is 14.3 Å². The predicted octanol–water partition coefficient (Wildman–Crippen LogP) is 3.14. The highest BCUT2D eigenvalue weighted by Crippen LogP contribution is 2.22. The average molecular weight is 370 g/mol. The molecule has 0 saturated carbocycles. The lowest BCUT2D eigenvalue weighted by Crippen LogP contribution is -2.49. The molecule has 1 aliphatic rings. The highest BCUT2D eigenvalue weighted by molar-refractivity contribution is 5.95. The number of hydrogen-bond donors (Lipinski definition) is 0. The number of aromatic nitrogens is 2. The van der Waals surface area contributed by atoms with Crippen molar-refractivity contribution >= 4 is 17.2 Å². The molecule has 2 aromatic heterocycles. The molecule has 0 bridgehead atoms. The van der Waals surface area contributed by atoms with Crippen molar-refractivity contribution in [3.63, 3.8) is 0 Å². The van der Waals surface area contributed by atoms with E-state index in [2.05, 4.69) is 4.98 Å². The second-order valence-corrected chi connectivity index (χ2v) is 6.57. The molecule has 0 spiro atoms. The van der Waals surface area contributed by atoms with Gasteiger partial charge in [-0.1, -0.05) is 19.1 Å². The van der Waals surface area contributed by atoms with Crippen LogP contribution in [-0.4, -0.2) is 46.4 Å². The summed E-state index contributed by atoms with van der Waals surface area (Å²) in [6.45, 7) is 3.95. The topological polar surface area (TPSA) is 40.9 Å². The number of nitrogens with zero attached hydrogens (tertiary/aromatic N) is 4. The zero-order valence-electron chi connectivity index (χ0n) is 15.0. The first-order valence-electron chi connectivity index (χ1n) is 9.03. The Morgan fingerprint density at radius 2 is 1.81 bits per heavy atom. The lowest BCUT2D eigenvalue weighted by atomic mass is 10.2. The zero-order valence-corrected chi connectivity index (χ0v) is 15.0. The molecule has 0 aliphatic carbocycles. The van der Waals surface area contributed by atoms with Crippen molar-refractivity contribution in [2.75, 3.05) is 31.1 Å². The van der Waals surface area contributed by atoms with Crippen LogP contribution < -0.4 is 4.90 Å². The minimum Gasteiger partial charge on any atom is -0.366 e. The van der Waals surface area contributed by atoms with E-state index in [1.807, 2.05) is 11.8 Å². The molecule has 1 fully saturated rings. The number of para-hydroxylation sites is 1. The number of anilines is 1. The Hall–Kier alpha value is -2.96. The number of carbonyl (C=O) groups is 1. The molecule has 0 atom stereocenters. The maximum absolute atomic E-state index is 14.0. The van der Waals surface area contributed by atoms with Gasteiger partial charge in [-0.15, -0.1) is 0 Å². The van der Waals surface area contributed by atoms with Crippen LogP contribution in [-0.2, 0) is 6.42 Å². The van der Waals surface area contributed by atoms with Crippen LogP contribution >= 0.6 is 0 Å². The Balaban J connectivity index is 1.57. The van der Waals surface area contributed by atoms with E-state index in [1.165, 1.54) is 22.7 Å². The van der Waals surface area contributed by atoms with Crippen molar-refractivity contribution in [2.45, 2.75) is 13.3 Å². The van der Waals surface area contributed by atoms with E-state index in [0.717, 1.165) is 0 Å². The van der Waals surface area contributed by atoms with Crippen LogP contribution in [0, 0.1) is 11.6 Å². The fourth-order valence-electron chi connectivity index (χ4n) is 3.55. The summed E-state index contributed by atoms with van der Waals surface area (Å²) >= 11 is 0. The number of benzene rings is 1. The van der Waals surface area contributed by atoms with Gasteiger partial charge >= 0.3 is 0 Å². The summed E-state index contributed by atoms with van der Waals surface area (Å²) in [6, 6.07) is 9.55. The Labute approximate surface area is 155 Å². The molecule has 140 valence electrons. The Kier molecular flexibility index (Phi) is 4.51. The third kappa shape index (κ3) is 3.13. The first-order valence-corrected chi connectivity index (χ1v) is 9.03. The van der Waals surface area contributed by atoms with Crippen LogP contribution in [0.1, 0.15) is 23.1 Å². The predicted molar refractivity (Wildman–Crippen MR) is 99.0 cm³/mol. The van der Waals surface area contributed by atoms with Gasteiger partial charge in [-0.05, 0) is 30.7 Å². The van der Waals surface area contributed by atoms with Gasteiger partial charge in [0, 0.05) is 32.4 Å². The highest BCUT2D eigenvalue weighted by atomic mass is 19.1. The van der Waals surface area contributed by atoms with Crippen LogP contribution in [0.25, 0.3) is 5.65 Å². The van der Waals surface area contributed by atoms with E-state index in [-0.39, 0.29) is 11.7 Å². The van der Waals surface area contributed by atoms with Crippen molar-refractivity contribution in [2.24, 2.45) is 0 Å². The number of piperazine rings is 1. The molecular weight excluding hydrogens is 350 g/mol. The Morgan fingerprint density at radius 3 is 2.52 bits per heavy atom. The van der Waals surface area contributed by atoms with E-state index in [0.29, 0.717) is 55.3 Å². The smallest absolute Gasteiger partial charge is 0.272 e. The number of rotatable bonds is 3. The number of pyridine rings is 1. The van der Waals surface area contributed by atoms with Crippen molar-refractivity contribution in [3.8, 4) is 0 Å². The zero-order chi connectivity index (χ0) is 19.0.